The summed E-state index contributed by atoms with van der Waals surface area (Å²) in [5.74, 6) is 0. The monoisotopic (exact) mass is 243 g/mol. The van der Waals surface area contributed by atoms with Gasteiger partial charge in [-0.3, -0.25) is 0 Å². The summed E-state index contributed by atoms with van der Waals surface area (Å²) >= 11 is 12.2. The minimum absolute atomic E-state index is 0.246. The van der Waals surface area contributed by atoms with Crippen molar-refractivity contribution in [1.82, 2.24) is 5.32 Å². The van der Waals surface area contributed by atoms with Crippen molar-refractivity contribution in [3.63, 3.8) is 0 Å². The molecule has 0 bridgehead atoms. The van der Waals surface area contributed by atoms with Crippen molar-refractivity contribution in [1.29, 1.82) is 0 Å². The van der Waals surface area contributed by atoms with E-state index in [0.29, 0.717) is 5.02 Å². The van der Waals surface area contributed by atoms with Crippen LogP contribution in [0.2, 0.25) is 10.0 Å². The fourth-order valence-electron chi connectivity index (χ4n) is 2.40. The van der Waals surface area contributed by atoms with Gasteiger partial charge in [0.25, 0.3) is 0 Å². The van der Waals surface area contributed by atoms with Crippen molar-refractivity contribution in [3.05, 3.63) is 33.8 Å². The van der Waals surface area contributed by atoms with Gasteiger partial charge in [0.2, 0.25) is 0 Å². The van der Waals surface area contributed by atoms with Crippen LogP contribution < -0.4 is 5.32 Å². The smallest absolute Gasteiger partial charge is 0.0458 e. The first kappa shape index (κ1) is 11.3. The number of likely N-dealkylation sites (N-methyl/N-ethyl adjacent to an activating group) is 1. The summed E-state index contributed by atoms with van der Waals surface area (Å²) < 4.78 is 0. The van der Waals surface area contributed by atoms with Crippen LogP contribution in [0.1, 0.15) is 24.8 Å². The summed E-state index contributed by atoms with van der Waals surface area (Å²) in [6.45, 7) is 0.994. The molecule has 1 N–H and O–H groups in total. The summed E-state index contributed by atoms with van der Waals surface area (Å²) in [6.07, 6.45) is 3.73. The highest BCUT2D eigenvalue weighted by molar-refractivity contribution is 6.35. The second-order valence-corrected chi connectivity index (χ2v) is 5.13. The lowest BCUT2D eigenvalue weighted by Crippen LogP contribution is -2.42. The molecule has 0 amide bonds. The molecule has 15 heavy (non-hydrogen) atoms. The molecule has 1 fully saturated rings. The minimum Gasteiger partial charge on any atom is -0.319 e. The molecule has 1 aliphatic carbocycles. The van der Waals surface area contributed by atoms with E-state index in [1.54, 1.807) is 0 Å². The van der Waals surface area contributed by atoms with Crippen LogP contribution in [0.25, 0.3) is 0 Å². The van der Waals surface area contributed by atoms with Crippen molar-refractivity contribution in [3.8, 4) is 0 Å². The molecule has 1 aliphatic rings. The molecule has 0 unspecified atom stereocenters. The fraction of sp³-hybridized carbons (Fsp3) is 0.500. The third-order valence-corrected chi connectivity index (χ3v) is 3.88. The Balaban J connectivity index is 2.34. The number of nitrogens with one attached hydrogen (secondary N) is 1. The van der Waals surface area contributed by atoms with E-state index in [1.165, 1.54) is 24.8 Å². The molecule has 3 heteroatoms. The van der Waals surface area contributed by atoms with Gasteiger partial charge in [0, 0.05) is 22.0 Å². The van der Waals surface area contributed by atoms with Crippen LogP contribution in [0, 0.1) is 0 Å². The van der Waals surface area contributed by atoms with Crippen LogP contribution >= 0.6 is 23.2 Å². The number of hydrogen-bond donors (Lipinski definition) is 1. The lowest BCUT2D eigenvalue weighted by Gasteiger charge is -2.43. The Morgan fingerprint density at radius 3 is 2.53 bits per heavy atom. The first-order valence-corrected chi connectivity index (χ1v) is 6.04. The van der Waals surface area contributed by atoms with Crippen molar-refractivity contribution in [2.24, 2.45) is 0 Å². The van der Waals surface area contributed by atoms with Gasteiger partial charge in [-0.05, 0) is 37.6 Å². The molecule has 0 atom stereocenters. The van der Waals surface area contributed by atoms with E-state index < -0.39 is 0 Å². The van der Waals surface area contributed by atoms with Gasteiger partial charge >= 0.3 is 0 Å². The van der Waals surface area contributed by atoms with E-state index >= 15 is 0 Å². The zero-order valence-corrected chi connectivity index (χ0v) is 10.3. The molecular formula is C12H15Cl2N. The topological polar surface area (TPSA) is 12.0 Å². The van der Waals surface area contributed by atoms with Crippen LogP contribution in [0.15, 0.2) is 18.2 Å². The van der Waals surface area contributed by atoms with Crippen LogP contribution in [0.4, 0.5) is 0 Å². The average molecular weight is 244 g/mol. The zero-order chi connectivity index (χ0) is 10.9. The van der Waals surface area contributed by atoms with E-state index in [-0.39, 0.29) is 5.41 Å². The largest absolute Gasteiger partial charge is 0.319 e. The molecular weight excluding hydrogens is 229 g/mol. The van der Waals surface area contributed by atoms with Gasteiger partial charge in [0.05, 0.1) is 0 Å². The van der Waals surface area contributed by atoms with Gasteiger partial charge in [-0.2, -0.15) is 0 Å². The molecule has 0 aromatic heterocycles. The summed E-state index contributed by atoms with van der Waals surface area (Å²) in [6, 6.07) is 5.84. The molecule has 1 nitrogen and oxygen atoms in total. The minimum atomic E-state index is 0.246. The molecule has 82 valence electrons. The summed E-state index contributed by atoms with van der Waals surface area (Å²) in [5.41, 5.74) is 1.49. The lowest BCUT2D eigenvalue weighted by molar-refractivity contribution is 0.239. The third kappa shape index (κ3) is 2.01. The fourth-order valence-corrected chi connectivity index (χ4v) is 3.01. The van der Waals surface area contributed by atoms with Gasteiger partial charge in [-0.25, -0.2) is 0 Å². The van der Waals surface area contributed by atoms with Crippen molar-refractivity contribution in [2.75, 3.05) is 13.6 Å². The molecule has 1 saturated carbocycles. The van der Waals surface area contributed by atoms with Crippen LogP contribution in [-0.2, 0) is 5.41 Å². The van der Waals surface area contributed by atoms with Crippen molar-refractivity contribution < 1.29 is 0 Å². The maximum absolute atomic E-state index is 6.25. The molecule has 0 heterocycles. The van der Waals surface area contributed by atoms with Gasteiger partial charge in [0.15, 0.2) is 0 Å². The third-order valence-electron chi connectivity index (χ3n) is 3.33. The van der Waals surface area contributed by atoms with Gasteiger partial charge in [-0.1, -0.05) is 35.7 Å². The highest BCUT2D eigenvalue weighted by Crippen LogP contribution is 2.46. The average Bonchev–Trinajstić information content (AvgIpc) is 2.12. The van der Waals surface area contributed by atoms with E-state index in [1.807, 2.05) is 19.2 Å². The summed E-state index contributed by atoms with van der Waals surface area (Å²) in [7, 11) is 1.99. The molecule has 1 aromatic carbocycles. The van der Waals surface area contributed by atoms with E-state index in [4.69, 9.17) is 23.2 Å². The number of halogens is 2. The Bertz CT molecular complexity index is 359. The summed E-state index contributed by atoms with van der Waals surface area (Å²) in [4.78, 5) is 0. The van der Waals surface area contributed by atoms with Crippen molar-refractivity contribution >= 4 is 23.2 Å². The van der Waals surface area contributed by atoms with Crippen LogP contribution in [0.5, 0.6) is 0 Å². The molecule has 0 aliphatic heterocycles. The predicted molar refractivity (Wildman–Crippen MR) is 65.9 cm³/mol. The highest BCUT2D eigenvalue weighted by atomic mass is 35.5. The summed E-state index contributed by atoms with van der Waals surface area (Å²) in [5, 5.41) is 4.77. The van der Waals surface area contributed by atoms with Crippen molar-refractivity contribution in [2.45, 2.75) is 24.7 Å². The second-order valence-electron chi connectivity index (χ2n) is 4.29. The maximum Gasteiger partial charge on any atom is 0.0458 e. The van der Waals surface area contributed by atoms with Gasteiger partial charge < -0.3 is 5.32 Å². The first-order valence-electron chi connectivity index (χ1n) is 5.28. The van der Waals surface area contributed by atoms with E-state index in [9.17, 15) is 0 Å². The Morgan fingerprint density at radius 2 is 2.07 bits per heavy atom. The predicted octanol–water partition coefficient (Wildman–Crippen LogP) is 3.63. The Kier molecular flexibility index (Phi) is 3.24. The first-order chi connectivity index (χ1) is 7.18. The normalized spacial score (nSPS) is 18.6. The molecule has 0 spiro atoms. The molecule has 2 rings (SSSR count). The van der Waals surface area contributed by atoms with Gasteiger partial charge in [0.1, 0.15) is 0 Å². The highest BCUT2D eigenvalue weighted by Gasteiger charge is 2.39. The molecule has 1 aromatic rings. The van der Waals surface area contributed by atoms with E-state index in [0.717, 1.165) is 11.6 Å². The Hall–Kier alpha value is -0.240. The van der Waals surface area contributed by atoms with Crippen LogP contribution in [0.3, 0.4) is 0 Å². The second kappa shape index (κ2) is 4.32. The number of hydrogen-bond acceptors (Lipinski definition) is 1. The quantitative estimate of drug-likeness (QED) is 0.856. The number of benzene rings is 1. The van der Waals surface area contributed by atoms with Crippen LogP contribution in [-0.4, -0.2) is 13.6 Å². The van der Waals surface area contributed by atoms with Gasteiger partial charge in [-0.15, -0.1) is 0 Å². The Labute approximate surface area is 101 Å². The Morgan fingerprint density at radius 1 is 1.33 bits per heavy atom. The SMILES string of the molecule is CNCC1(c2ccc(Cl)cc2Cl)CCC1. The molecule has 0 radical (unpaired) electrons. The standard InChI is InChI=1S/C12H15Cl2N/c1-15-8-12(5-2-6-12)10-4-3-9(13)7-11(10)14/h3-4,7,15H,2,5-6,8H2,1H3. The van der Waals surface area contributed by atoms with E-state index in [2.05, 4.69) is 11.4 Å². The molecule has 0 saturated heterocycles. The maximum atomic E-state index is 6.25. The zero-order valence-electron chi connectivity index (χ0n) is 8.82. The number of rotatable bonds is 3. The lowest BCUT2D eigenvalue weighted by atomic mass is 9.64.